The number of likely N-dealkylation sites (N-methyl/N-ethyl adjacent to an activating group) is 1. The Morgan fingerprint density at radius 3 is 2.50 bits per heavy atom. The van der Waals surface area contributed by atoms with Crippen LogP contribution in [-0.2, 0) is 0 Å². The van der Waals surface area contributed by atoms with E-state index in [4.69, 9.17) is 21.1 Å². The summed E-state index contributed by atoms with van der Waals surface area (Å²) in [5, 5.41) is 3.76. The van der Waals surface area contributed by atoms with Crippen LogP contribution >= 0.6 is 11.6 Å². The summed E-state index contributed by atoms with van der Waals surface area (Å²) in [6.45, 7) is 4.16. The normalized spacial score (nSPS) is 13.3. The Balaban J connectivity index is 3.19. The van der Waals surface area contributed by atoms with E-state index < -0.39 is 0 Å². The van der Waals surface area contributed by atoms with Gasteiger partial charge in [0.25, 0.3) is 0 Å². The summed E-state index contributed by atoms with van der Waals surface area (Å²) in [4.78, 5) is 0. The summed E-state index contributed by atoms with van der Waals surface area (Å²) >= 11 is 6.31. The molecule has 1 aromatic rings. The molecule has 0 heterocycles. The summed E-state index contributed by atoms with van der Waals surface area (Å²) < 4.78 is 10.5. The van der Waals surface area contributed by atoms with Gasteiger partial charge in [0.1, 0.15) is 0 Å². The molecule has 18 heavy (non-hydrogen) atoms. The van der Waals surface area contributed by atoms with Gasteiger partial charge in [-0.3, -0.25) is 0 Å². The second-order valence-corrected chi connectivity index (χ2v) is 4.48. The minimum absolute atomic E-state index is 0.300. The quantitative estimate of drug-likeness (QED) is 0.889. The Bertz CT molecular complexity index is 444. The van der Waals surface area contributed by atoms with Crippen LogP contribution < -0.4 is 14.8 Å². The molecular formula is C14H20ClNO2. The van der Waals surface area contributed by atoms with Crippen molar-refractivity contribution in [3.05, 3.63) is 28.3 Å². The molecule has 0 fully saturated rings. The third-order valence-corrected chi connectivity index (χ3v) is 3.40. The predicted molar refractivity (Wildman–Crippen MR) is 76.7 cm³/mol. The fourth-order valence-corrected chi connectivity index (χ4v) is 1.90. The minimum Gasteiger partial charge on any atom is -0.493 e. The number of ether oxygens (including phenoxy) is 2. The van der Waals surface area contributed by atoms with E-state index in [0.717, 1.165) is 5.56 Å². The van der Waals surface area contributed by atoms with Crippen LogP contribution in [-0.4, -0.2) is 27.3 Å². The highest BCUT2D eigenvalue weighted by Gasteiger charge is 2.12. The average molecular weight is 270 g/mol. The van der Waals surface area contributed by atoms with Gasteiger partial charge in [0.2, 0.25) is 0 Å². The first-order chi connectivity index (χ1) is 8.54. The Labute approximate surface area is 114 Å². The highest BCUT2D eigenvalue weighted by atomic mass is 35.5. The van der Waals surface area contributed by atoms with Crippen molar-refractivity contribution in [2.45, 2.75) is 19.9 Å². The van der Waals surface area contributed by atoms with E-state index in [1.165, 1.54) is 5.57 Å². The van der Waals surface area contributed by atoms with Gasteiger partial charge in [-0.15, -0.1) is 0 Å². The van der Waals surface area contributed by atoms with Crippen LogP contribution in [0.25, 0.3) is 6.08 Å². The first kappa shape index (κ1) is 14.9. The average Bonchev–Trinajstić information content (AvgIpc) is 2.39. The van der Waals surface area contributed by atoms with Gasteiger partial charge < -0.3 is 14.8 Å². The van der Waals surface area contributed by atoms with E-state index in [1.54, 1.807) is 14.2 Å². The summed E-state index contributed by atoms with van der Waals surface area (Å²) in [5.41, 5.74) is 2.13. The molecule has 0 spiro atoms. The zero-order valence-electron chi connectivity index (χ0n) is 11.5. The Morgan fingerprint density at radius 1 is 1.33 bits per heavy atom. The minimum atomic E-state index is 0.300. The van der Waals surface area contributed by atoms with Crippen molar-refractivity contribution in [3.63, 3.8) is 0 Å². The zero-order chi connectivity index (χ0) is 13.7. The molecule has 100 valence electrons. The third-order valence-electron chi connectivity index (χ3n) is 3.01. The highest BCUT2D eigenvalue weighted by Crippen LogP contribution is 2.38. The fraction of sp³-hybridized carbons (Fsp3) is 0.429. The van der Waals surface area contributed by atoms with Crippen molar-refractivity contribution in [1.29, 1.82) is 0 Å². The number of hydrogen-bond acceptors (Lipinski definition) is 3. The molecule has 0 radical (unpaired) electrons. The lowest BCUT2D eigenvalue weighted by Gasteiger charge is -2.14. The van der Waals surface area contributed by atoms with Crippen LogP contribution in [0.4, 0.5) is 0 Å². The van der Waals surface area contributed by atoms with E-state index in [-0.39, 0.29) is 0 Å². The van der Waals surface area contributed by atoms with Gasteiger partial charge in [0.05, 0.1) is 19.2 Å². The molecule has 0 aliphatic carbocycles. The topological polar surface area (TPSA) is 30.5 Å². The number of benzene rings is 1. The molecule has 0 aliphatic rings. The maximum atomic E-state index is 6.31. The van der Waals surface area contributed by atoms with Crippen molar-refractivity contribution in [1.82, 2.24) is 5.32 Å². The molecule has 1 aromatic carbocycles. The SMILES string of the molecule is CNC(C)/C(C)=C/c1ccc(OC)c(OC)c1Cl. The molecule has 0 saturated heterocycles. The van der Waals surface area contributed by atoms with E-state index in [0.29, 0.717) is 22.6 Å². The third kappa shape index (κ3) is 3.18. The van der Waals surface area contributed by atoms with Crippen LogP contribution in [0.1, 0.15) is 19.4 Å². The van der Waals surface area contributed by atoms with Crippen LogP contribution in [0.2, 0.25) is 5.02 Å². The van der Waals surface area contributed by atoms with E-state index in [2.05, 4.69) is 19.2 Å². The van der Waals surface area contributed by atoms with Gasteiger partial charge in [-0.1, -0.05) is 23.3 Å². The van der Waals surface area contributed by atoms with Gasteiger partial charge in [0, 0.05) is 6.04 Å². The molecule has 1 atom stereocenters. The first-order valence-electron chi connectivity index (χ1n) is 5.81. The number of methoxy groups -OCH3 is 2. The van der Waals surface area contributed by atoms with Crippen LogP contribution in [0.5, 0.6) is 11.5 Å². The maximum absolute atomic E-state index is 6.31. The summed E-state index contributed by atoms with van der Waals surface area (Å²) in [6.07, 6.45) is 2.05. The van der Waals surface area contributed by atoms with E-state index >= 15 is 0 Å². The smallest absolute Gasteiger partial charge is 0.179 e. The van der Waals surface area contributed by atoms with Crippen LogP contribution in [0.3, 0.4) is 0 Å². The zero-order valence-corrected chi connectivity index (χ0v) is 12.3. The molecule has 0 aliphatic heterocycles. The van der Waals surface area contributed by atoms with Crippen molar-refractivity contribution < 1.29 is 9.47 Å². The second kappa shape index (κ2) is 6.66. The second-order valence-electron chi connectivity index (χ2n) is 4.10. The molecule has 1 unspecified atom stereocenters. The number of halogens is 1. The Kier molecular flexibility index (Phi) is 5.51. The monoisotopic (exact) mass is 269 g/mol. The fourth-order valence-electron chi connectivity index (χ4n) is 1.61. The largest absolute Gasteiger partial charge is 0.493 e. The number of hydrogen-bond donors (Lipinski definition) is 1. The van der Waals surface area contributed by atoms with Crippen LogP contribution in [0, 0.1) is 0 Å². The van der Waals surface area contributed by atoms with Gasteiger partial charge in [0.15, 0.2) is 11.5 Å². The van der Waals surface area contributed by atoms with Crippen molar-refractivity contribution in [2.24, 2.45) is 0 Å². The van der Waals surface area contributed by atoms with E-state index in [1.807, 2.05) is 25.3 Å². The van der Waals surface area contributed by atoms with Gasteiger partial charge in [-0.05, 0) is 38.6 Å². The molecule has 1 N–H and O–H groups in total. The molecule has 0 saturated carbocycles. The lowest BCUT2D eigenvalue weighted by atomic mass is 10.1. The van der Waals surface area contributed by atoms with Crippen molar-refractivity contribution in [2.75, 3.05) is 21.3 Å². The molecule has 0 amide bonds. The molecule has 4 heteroatoms. The number of nitrogens with one attached hydrogen (secondary N) is 1. The maximum Gasteiger partial charge on any atom is 0.179 e. The van der Waals surface area contributed by atoms with Crippen LogP contribution in [0.15, 0.2) is 17.7 Å². The molecular weight excluding hydrogens is 250 g/mol. The van der Waals surface area contributed by atoms with E-state index in [9.17, 15) is 0 Å². The van der Waals surface area contributed by atoms with Crippen molar-refractivity contribution >= 4 is 17.7 Å². The summed E-state index contributed by atoms with van der Waals surface area (Å²) in [7, 11) is 5.11. The van der Waals surface area contributed by atoms with Gasteiger partial charge in [-0.2, -0.15) is 0 Å². The molecule has 0 aromatic heterocycles. The summed E-state index contributed by atoms with van der Waals surface area (Å²) in [6, 6.07) is 4.08. The lowest BCUT2D eigenvalue weighted by Crippen LogP contribution is -2.21. The van der Waals surface area contributed by atoms with Gasteiger partial charge >= 0.3 is 0 Å². The standard InChI is InChI=1S/C14H20ClNO2/c1-9(10(2)16-3)8-11-6-7-12(17-4)14(18-5)13(11)15/h6-8,10,16H,1-5H3/b9-8+. The first-order valence-corrected chi connectivity index (χ1v) is 6.18. The Hall–Kier alpha value is -1.19. The predicted octanol–water partition coefficient (Wildman–Crippen LogP) is 3.37. The number of rotatable bonds is 5. The van der Waals surface area contributed by atoms with Crippen molar-refractivity contribution in [3.8, 4) is 11.5 Å². The molecule has 1 rings (SSSR count). The van der Waals surface area contributed by atoms with Gasteiger partial charge in [-0.25, -0.2) is 0 Å². The molecule has 3 nitrogen and oxygen atoms in total. The lowest BCUT2D eigenvalue weighted by molar-refractivity contribution is 0.355. The highest BCUT2D eigenvalue weighted by molar-refractivity contribution is 6.33. The summed E-state index contributed by atoms with van der Waals surface area (Å²) in [5.74, 6) is 1.21. The Morgan fingerprint density at radius 2 is 2.00 bits per heavy atom. The molecule has 0 bridgehead atoms.